The van der Waals surface area contributed by atoms with Gasteiger partial charge in [0.1, 0.15) is 10.9 Å². The first kappa shape index (κ1) is 14.5. The van der Waals surface area contributed by atoms with Gasteiger partial charge in [-0.25, -0.2) is 9.97 Å². The third-order valence-electron chi connectivity index (χ3n) is 3.42. The number of benzene rings is 1. The highest BCUT2D eigenvalue weighted by Crippen LogP contribution is 2.25. The summed E-state index contributed by atoms with van der Waals surface area (Å²) in [5, 5.41) is 2.17. The van der Waals surface area contributed by atoms with Gasteiger partial charge in [0, 0.05) is 24.2 Å². The number of para-hydroxylation sites is 1. The molecular weight excluding hydrogens is 282 g/mol. The number of thioether (sulfide) groups is 1. The lowest BCUT2D eigenvalue weighted by atomic mass is 10.2. The van der Waals surface area contributed by atoms with Gasteiger partial charge in [0.2, 0.25) is 0 Å². The summed E-state index contributed by atoms with van der Waals surface area (Å²) in [6.45, 7) is 8.07. The largest absolute Gasteiger partial charge is 0.379 e. The first-order chi connectivity index (χ1) is 10.4. The molecule has 1 aliphatic rings. The van der Waals surface area contributed by atoms with Crippen LogP contribution in [0.2, 0.25) is 0 Å². The average Bonchev–Trinajstić information content (AvgIpc) is 2.53. The van der Waals surface area contributed by atoms with E-state index in [-0.39, 0.29) is 0 Å². The smallest absolute Gasteiger partial charge is 0.144 e. The van der Waals surface area contributed by atoms with Crippen molar-refractivity contribution in [2.75, 3.05) is 32.1 Å². The van der Waals surface area contributed by atoms with Crippen LogP contribution in [0.25, 0.3) is 10.9 Å². The number of nitrogens with zero attached hydrogens (tertiary/aromatic N) is 3. The standard InChI is InChI=1S/C16H19N3OS/c1-2-11-21-16-13-5-3-4-6-14(13)17-15(18-16)12-19-7-9-20-10-8-19/h2-6H,1,7-12H2. The van der Waals surface area contributed by atoms with Crippen LogP contribution in [0.1, 0.15) is 5.82 Å². The van der Waals surface area contributed by atoms with E-state index in [2.05, 4.69) is 23.6 Å². The van der Waals surface area contributed by atoms with Crippen molar-refractivity contribution in [3.8, 4) is 0 Å². The number of morpholine rings is 1. The van der Waals surface area contributed by atoms with Gasteiger partial charge < -0.3 is 4.74 Å². The van der Waals surface area contributed by atoms with E-state index >= 15 is 0 Å². The van der Waals surface area contributed by atoms with Crippen LogP contribution in [-0.4, -0.2) is 46.9 Å². The Morgan fingerprint density at radius 2 is 2.05 bits per heavy atom. The fraction of sp³-hybridized carbons (Fsp3) is 0.375. The Bertz CT molecular complexity index is 626. The Balaban J connectivity index is 1.89. The van der Waals surface area contributed by atoms with Gasteiger partial charge in [0.25, 0.3) is 0 Å². The van der Waals surface area contributed by atoms with Crippen molar-refractivity contribution in [1.29, 1.82) is 0 Å². The van der Waals surface area contributed by atoms with E-state index in [1.807, 2.05) is 18.2 Å². The summed E-state index contributed by atoms with van der Waals surface area (Å²) in [5.41, 5.74) is 1.02. The molecule has 0 saturated carbocycles. The molecule has 2 heterocycles. The maximum atomic E-state index is 5.39. The highest BCUT2D eigenvalue weighted by molar-refractivity contribution is 7.99. The van der Waals surface area contributed by atoms with Gasteiger partial charge in [-0.1, -0.05) is 24.3 Å². The van der Waals surface area contributed by atoms with Crippen LogP contribution < -0.4 is 0 Å². The van der Waals surface area contributed by atoms with E-state index in [4.69, 9.17) is 14.7 Å². The van der Waals surface area contributed by atoms with Crippen LogP contribution in [0.3, 0.4) is 0 Å². The molecule has 0 atom stereocenters. The second-order valence-corrected chi connectivity index (χ2v) is 5.96. The lowest BCUT2D eigenvalue weighted by molar-refractivity contribution is 0.0330. The molecule has 0 unspecified atom stereocenters. The first-order valence-corrected chi connectivity index (χ1v) is 8.15. The van der Waals surface area contributed by atoms with Crippen LogP contribution in [-0.2, 0) is 11.3 Å². The molecule has 0 radical (unpaired) electrons. The van der Waals surface area contributed by atoms with Crippen molar-refractivity contribution in [3.63, 3.8) is 0 Å². The molecule has 1 aliphatic heterocycles. The lowest BCUT2D eigenvalue weighted by Gasteiger charge is -2.25. The summed E-state index contributed by atoms with van der Waals surface area (Å²) >= 11 is 1.71. The highest BCUT2D eigenvalue weighted by atomic mass is 32.2. The van der Waals surface area contributed by atoms with Crippen molar-refractivity contribution < 1.29 is 4.74 Å². The van der Waals surface area contributed by atoms with E-state index < -0.39 is 0 Å². The second kappa shape index (κ2) is 7.02. The van der Waals surface area contributed by atoms with Gasteiger partial charge in [-0.2, -0.15) is 0 Å². The van der Waals surface area contributed by atoms with Crippen molar-refractivity contribution in [3.05, 3.63) is 42.7 Å². The predicted octanol–water partition coefficient (Wildman–Crippen LogP) is 2.74. The van der Waals surface area contributed by atoms with Gasteiger partial charge in [-0.15, -0.1) is 18.3 Å². The molecule has 3 rings (SSSR count). The van der Waals surface area contributed by atoms with E-state index in [1.54, 1.807) is 11.8 Å². The fourth-order valence-corrected chi connectivity index (χ4v) is 3.15. The number of fused-ring (bicyclic) bond motifs is 1. The van der Waals surface area contributed by atoms with Crippen LogP contribution in [0.5, 0.6) is 0 Å². The summed E-state index contributed by atoms with van der Waals surface area (Å²) in [6.07, 6.45) is 1.91. The molecule has 0 spiro atoms. The van der Waals surface area contributed by atoms with Crippen LogP contribution >= 0.6 is 11.8 Å². The monoisotopic (exact) mass is 301 g/mol. The van der Waals surface area contributed by atoms with Crippen molar-refractivity contribution >= 4 is 22.7 Å². The van der Waals surface area contributed by atoms with Crippen LogP contribution in [0.15, 0.2) is 41.9 Å². The molecule has 110 valence electrons. The molecule has 0 N–H and O–H groups in total. The zero-order valence-electron chi connectivity index (χ0n) is 12.0. The summed E-state index contributed by atoms with van der Waals surface area (Å²) in [5.74, 6) is 1.75. The average molecular weight is 301 g/mol. The minimum atomic E-state index is 0.788. The van der Waals surface area contributed by atoms with Crippen molar-refractivity contribution in [2.24, 2.45) is 0 Å². The number of hydrogen-bond donors (Lipinski definition) is 0. The van der Waals surface area contributed by atoms with Crippen LogP contribution in [0, 0.1) is 0 Å². The third-order valence-corrected chi connectivity index (χ3v) is 4.41. The Morgan fingerprint density at radius 1 is 1.24 bits per heavy atom. The summed E-state index contributed by atoms with van der Waals surface area (Å²) in [6, 6.07) is 8.19. The summed E-state index contributed by atoms with van der Waals surface area (Å²) in [4.78, 5) is 11.8. The molecule has 0 aliphatic carbocycles. The van der Waals surface area contributed by atoms with Gasteiger partial charge in [0.15, 0.2) is 0 Å². The summed E-state index contributed by atoms with van der Waals surface area (Å²) < 4.78 is 5.39. The molecule has 21 heavy (non-hydrogen) atoms. The Morgan fingerprint density at radius 3 is 2.86 bits per heavy atom. The first-order valence-electron chi connectivity index (χ1n) is 7.16. The molecular formula is C16H19N3OS. The number of hydrogen-bond acceptors (Lipinski definition) is 5. The molecule has 0 bridgehead atoms. The molecule has 5 heteroatoms. The van der Waals surface area contributed by atoms with Gasteiger partial charge >= 0.3 is 0 Å². The molecule has 2 aromatic rings. The normalized spacial score (nSPS) is 16.2. The number of ether oxygens (including phenoxy) is 1. The Labute approximate surface area is 129 Å². The van der Waals surface area contributed by atoms with Crippen molar-refractivity contribution in [2.45, 2.75) is 11.6 Å². The van der Waals surface area contributed by atoms with E-state index in [0.29, 0.717) is 0 Å². The number of aromatic nitrogens is 2. The van der Waals surface area contributed by atoms with Gasteiger partial charge in [-0.05, 0) is 6.07 Å². The molecule has 1 saturated heterocycles. The van der Waals surface area contributed by atoms with E-state index in [1.165, 1.54) is 0 Å². The Kier molecular flexibility index (Phi) is 4.85. The topological polar surface area (TPSA) is 38.2 Å². The maximum absolute atomic E-state index is 5.39. The predicted molar refractivity (Wildman–Crippen MR) is 86.6 cm³/mol. The quantitative estimate of drug-likeness (QED) is 0.482. The van der Waals surface area contributed by atoms with E-state index in [9.17, 15) is 0 Å². The maximum Gasteiger partial charge on any atom is 0.144 e. The minimum absolute atomic E-state index is 0.788. The number of rotatable bonds is 5. The fourth-order valence-electron chi connectivity index (χ4n) is 2.37. The zero-order valence-corrected chi connectivity index (χ0v) is 12.8. The van der Waals surface area contributed by atoms with Crippen molar-refractivity contribution in [1.82, 2.24) is 14.9 Å². The van der Waals surface area contributed by atoms with Gasteiger partial charge in [-0.3, -0.25) is 4.90 Å². The van der Waals surface area contributed by atoms with Crippen LogP contribution in [0.4, 0.5) is 0 Å². The third kappa shape index (κ3) is 3.61. The van der Waals surface area contributed by atoms with E-state index in [0.717, 1.165) is 60.4 Å². The second-order valence-electron chi connectivity index (χ2n) is 4.95. The minimum Gasteiger partial charge on any atom is -0.379 e. The highest BCUT2D eigenvalue weighted by Gasteiger charge is 2.14. The molecule has 1 fully saturated rings. The SMILES string of the molecule is C=CCSc1nc(CN2CCOCC2)nc2ccccc12. The molecule has 4 nitrogen and oxygen atoms in total. The zero-order chi connectivity index (χ0) is 14.5. The Hall–Kier alpha value is -1.43. The molecule has 1 aromatic heterocycles. The summed E-state index contributed by atoms with van der Waals surface area (Å²) in [7, 11) is 0. The van der Waals surface area contributed by atoms with Gasteiger partial charge in [0.05, 0.1) is 25.3 Å². The lowest BCUT2D eigenvalue weighted by Crippen LogP contribution is -2.36. The molecule has 1 aromatic carbocycles. The molecule has 0 amide bonds.